The minimum absolute atomic E-state index is 0.218. The molecule has 6 rings (SSSR count). The Hall–Kier alpha value is -3.88. The van der Waals surface area contributed by atoms with Crippen LogP contribution >= 0.6 is 0 Å². The van der Waals surface area contributed by atoms with E-state index >= 15 is 0 Å². The van der Waals surface area contributed by atoms with Crippen molar-refractivity contribution in [2.45, 2.75) is 33.1 Å². The first-order valence-electron chi connectivity index (χ1n) is 12.0. The van der Waals surface area contributed by atoms with E-state index in [1.165, 1.54) is 0 Å². The summed E-state index contributed by atoms with van der Waals surface area (Å²) in [7, 11) is 1.88. The third-order valence-corrected chi connectivity index (χ3v) is 7.80. The summed E-state index contributed by atoms with van der Waals surface area (Å²) < 4.78 is 5.36. The number of carbonyl (C=O) groups is 2. The number of anilines is 1. The highest BCUT2D eigenvalue weighted by molar-refractivity contribution is 6.18. The number of piperidine rings is 1. The van der Waals surface area contributed by atoms with Gasteiger partial charge in [0.25, 0.3) is 5.91 Å². The molecule has 2 aliphatic rings. The van der Waals surface area contributed by atoms with Crippen LogP contribution in [0.4, 0.5) is 5.82 Å². The SMILES string of the molecule is Cc1noc(C)c1-c1ccc2c(c1)[nH]c1c(C(N)=O)cnc(N3CCC[C@@]4(CCN(C)C4=O)C3)c12. The molecular weight excluding hydrogens is 444 g/mol. The molecule has 9 heteroatoms. The molecule has 9 nitrogen and oxygen atoms in total. The fourth-order valence-electron chi connectivity index (χ4n) is 6.05. The standard InChI is InChI=1S/C26H28N6O3/c1-14-20(15(2)35-30-14)16-5-6-17-19(11-16)29-22-18(23(27)33)12-28-24(21(17)22)32-9-4-7-26(13-32)8-10-31(3)25(26)34/h5-6,11-12,29H,4,7-10,13H2,1-3H3,(H2,27,33)/t26-/m1/s1. The maximum absolute atomic E-state index is 13.0. The average Bonchev–Trinajstić information content (AvgIpc) is 3.47. The number of aryl methyl sites for hydroxylation is 2. The molecule has 3 N–H and O–H groups in total. The van der Waals surface area contributed by atoms with Gasteiger partial charge >= 0.3 is 0 Å². The van der Waals surface area contributed by atoms with Crippen LogP contribution in [0, 0.1) is 19.3 Å². The lowest BCUT2D eigenvalue weighted by Gasteiger charge is -2.39. The first-order valence-corrected chi connectivity index (χ1v) is 12.0. The molecule has 3 aromatic heterocycles. The van der Waals surface area contributed by atoms with E-state index in [0.29, 0.717) is 17.6 Å². The van der Waals surface area contributed by atoms with Crippen molar-refractivity contribution in [2.24, 2.45) is 11.1 Å². The minimum atomic E-state index is -0.533. The van der Waals surface area contributed by atoms with Crippen molar-refractivity contribution in [3.63, 3.8) is 0 Å². The van der Waals surface area contributed by atoms with Gasteiger partial charge in [-0.2, -0.15) is 0 Å². The van der Waals surface area contributed by atoms with Gasteiger partial charge < -0.3 is 25.0 Å². The Bertz CT molecular complexity index is 1500. The zero-order valence-electron chi connectivity index (χ0n) is 20.1. The van der Waals surface area contributed by atoms with E-state index in [-0.39, 0.29) is 11.3 Å². The van der Waals surface area contributed by atoms with E-state index in [4.69, 9.17) is 15.2 Å². The van der Waals surface area contributed by atoms with Gasteiger partial charge in [0, 0.05) is 49.3 Å². The van der Waals surface area contributed by atoms with Crippen LogP contribution in [0.5, 0.6) is 0 Å². The summed E-state index contributed by atoms with van der Waals surface area (Å²) in [5.74, 6) is 1.22. The summed E-state index contributed by atoms with van der Waals surface area (Å²) in [6, 6.07) is 6.12. The van der Waals surface area contributed by atoms with Crippen LogP contribution in [0.2, 0.25) is 0 Å². The number of amides is 2. The smallest absolute Gasteiger partial charge is 0.252 e. The van der Waals surface area contributed by atoms with Gasteiger partial charge in [0.05, 0.1) is 27.6 Å². The zero-order valence-corrected chi connectivity index (χ0v) is 20.1. The number of H-pyrrole nitrogens is 1. The Morgan fingerprint density at radius 2 is 2.06 bits per heavy atom. The lowest BCUT2D eigenvalue weighted by atomic mass is 9.78. The Morgan fingerprint density at radius 3 is 2.74 bits per heavy atom. The number of primary amides is 1. The van der Waals surface area contributed by atoms with E-state index in [0.717, 1.165) is 77.0 Å². The van der Waals surface area contributed by atoms with Crippen molar-refractivity contribution < 1.29 is 14.1 Å². The summed E-state index contributed by atoms with van der Waals surface area (Å²) >= 11 is 0. The molecule has 4 aromatic rings. The van der Waals surface area contributed by atoms with Crippen LogP contribution in [0.25, 0.3) is 32.9 Å². The number of pyridine rings is 1. The minimum Gasteiger partial charge on any atom is -0.365 e. The zero-order chi connectivity index (χ0) is 24.5. The third kappa shape index (κ3) is 3.14. The molecule has 0 radical (unpaired) electrons. The van der Waals surface area contributed by atoms with E-state index < -0.39 is 5.91 Å². The van der Waals surface area contributed by atoms with Crippen molar-refractivity contribution in [3.8, 4) is 11.1 Å². The second-order valence-corrected chi connectivity index (χ2v) is 9.98. The molecule has 0 saturated carbocycles. The fourth-order valence-corrected chi connectivity index (χ4v) is 6.05. The van der Waals surface area contributed by atoms with E-state index in [1.54, 1.807) is 6.20 Å². The maximum Gasteiger partial charge on any atom is 0.252 e. The van der Waals surface area contributed by atoms with Gasteiger partial charge in [0.1, 0.15) is 11.6 Å². The van der Waals surface area contributed by atoms with E-state index in [1.807, 2.05) is 44.0 Å². The van der Waals surface area contributed by atoms with Crippen LogP contribution < -0.4 is 10.6 Å². The number of hydrogen-bond donors (Lipinski definition) is 2. The predicted molar refractivity (Wildman–Crippen MR) is 133 cm³/mol. The summed E-state index contributed by atoms with van der Waals surface area (Å²) in [6.45, 7) is 6.03. The average molecular weight is 473 g/mol. The molecule has 0 aliphatic carbocycles. The molecule has 180 valence electrons. The number of carbonyl (C=O) groups excluding carboxylic acids is 2. The number of fused-ring (bicyclic) bond motifs is 3. The number of likely N-dealkylation sites (tertiary alicyclic amines) is 1. The van der Waals surface area contributed by atoms with Crippen molar-refractivity contribution in [1.29, 1.82) is 0 Å². The van der Waals surface area contributed by atoms with Gasteiger partial charge in [-0.25, -0.2) is 4.98 Å². The van der Waals surface area contributed by atoms with Crippen molar-refractivity contribution >= 4 is 39.4 Å². The molecule has 1 spiro atoms. The molecule has 2 amide bonds. The number of aromatic nitrogens is 3. The summed E-state index contributed by atoms with van der Waals surface area (Å²) in [6.07, 6.45) is 4.22. The Morgan fingerprint density at radius 1 is 1.23 bits per heavy atom. The molecular formula is C26H28N6O3. The highest BCUT2D eigenvalue weighted by Gasteiger charge is 2.48. The van der Waals surface area contributed by atoms with Gasteiger partial charge in [-0.05, 0) is 44.7 Å². The molecule has 0 bridgehead atoms. The van der Waals surface area contributed by atoms with Crippen LogP contribution in [0.1, 0.15) is 41.1 Å². The van der Waals surface area contributed by atoms with Gasteiger partial charge in [0.2, 0.25) is 5.91 Å². The highest BCUT2D eigenvalue weighted by atomic mass is 16.5. The van der Waals surface area contributed by atoms with Crippen LogP contribution in [-0.2, 0) is 4.79 Å². The number of nitrogens with two attached hydrogens (primary N) is 1. The Kier molecular flexibility index (Phi) is 4.67. The lowest BCUT2D eigenvalue weighted by molar-refractivity contribution is -0.135. The van der Waals surface area contributed by atoms with Crippen molar-refractivity contribution in [1.82, 2.24) is 20.0 Å². The van der Waals surface area contributed by atoms with Crippen molar-refractivity contribution in [2.75, 3.05) is 31.6 Å². The van der Waals surface area contributed by atoms with Gasteiger partial charge in [-0.15, -0.1) is 0 Å². The summed E-state index contributed by atoms with van der Waals surface area (Å²) in [4.78, 5) is 37.5. The predicted octanol–water partition coefficient (Wildman–Crippen LogP) is 3.54. The molecule has 2 aliphatic heterocycles. The Labute approximate surface area is 202 Å². The number of rotatable bonds is 3. The molecule has 35 heavy (non-hydrogen) atoms. The van der Waals surface area contributed by atoms with Gasteiger partial charge in [0.15, 0.2) is 0 Å². The Balaban J connectivity index is 1.53. The molecule has 0 unspecified atom stereocenters. The van der Waals surface area contributed by atoms with Crippen LogP contribution in [0.15, 0.2) is 28.9 Å². The lowest BCUT2D eigenvalue weighted by Crippen LogP contribution is -2.47. The molecule has 1 aromatic carbocycles. The van der Waals surface area contributed by atoms with Gasteiger partial charge in [-0.3, -0.25) is 9.59 Å². The molecule has 1 atom stereocenters. The second-order valence-electron chi connectivity index (χ2n) is 9.98. The first-order chi connectivity index (χ1) is 16.8. The molecule has 5 heterocycles. The quantitative estimate of drug-likeness (QED) is 0.470. The largest absolute Gasteiger partial charge is 0.365 e. The monoisotopic (exact) mass is 472 g/mol. The van der Waals surface area contributed by atoms with E-state index in [2.05, 4.69) is 15.0 Å². The van der Waals surface area contributed by atoms with E-state index in [9.17, 15) is 9.59 Å². The van der Waals surface area contributed by atoms with Crippen LogP contribution in [0.3, 0.4) is 0 Å². The third-order valence-electron chi connectivity index (χ3n) is 7.80. The number of benzene rings is 1. The number of nitrogens with one attached hydrogen (secondary N) is 1. The first kappa shape index (κ1) is 21.6. The van der Waals surface area contributed by atoms with Gasteiger partial charge in [-0.1, -0.05) is 17.3 Å². The number of hydrogen-bond acceptors (Lipinski definition) is 6. The van der Waals surface area contributed by atoms with Crippen LogP contribution in [-0.4, -0.2) is 58.5 Å². The normalized spacial score (nSPS) is 20.6. The highest BCUT2D eigenvalue weighted by Crippen LogP contribution is 2.43. The second kappa shape index (κ2) is 7.56. The molecule has 2 fully saturated rings. The number of nitrogens with zero attached hydrogens (tertiary/aromatic N) is 4. The maximum atomic E-state index is 13.0. The number of aromatic amines is 1. The fraction of sp³-hybridized carbons (Fsp3) is 0.385. The van der Waals surface area contributed by atoms with Crippen molar-refractivity contribution in [3.05, 3.63) is 41.4 Å². The molecule has 2 saturated heterocycles. The summed E-state index contributed by atoms with van der Waals surface area (Å²) in [5.41, 5.74) is 10.0. The summed E-state index contributed by atoms with van der Waals surface area (Å²) in [5, 5.41) is 5.89. The topological polar surface area (TPSA) is 121 Å².